The number of halogens is 4. The largest absolute Gasteiger partial charge is 0.497 e. The predicted molar refractivity (Wildman–Crippen MR) is 111 cm³/mol. The first kappa shape index (κ1) is 23.4. The monoisotopic (exact) mass is 486 g/mol. The number of anilines is 1. The summed E-state index contributed by atoms with van der Waals surface area (Å²) in [4.78, 5) is 17.8. The molecule has 3 aromatic heterocycles. The van der Waals surface area contributed by atoms with Gasteiger partial charge in [-0.05, 0) is 23.8 Å². The first-order chi connectivity index (χ1) is 16.7. The molecule has 0 aliphatic rings. The summed E-state index contributed by atoms with van der Waals surface area (Å²) in [5.74, 6) is -1.64. The second-order valence-corrected chi connectivity index (χ2v) is 7.04. The minimum absolute atomic E-state index is 0.0224. The molecular weight excluding hydrogens is 472 g/mol. The van der Waals surface area contributed by atoms with Gasteiger partial charge in [0.1, 0.15) is 23.2 Å². The zero-order valence-corrected chi connectivity index (χ0v) is 17.8. The minimum atomic E-state index is -4.95. The fourth-order valence-corrected chi connectivity index (χ4v) is 3.26. The maximum atomic E-state index is 13.9. The van der Waals surface area contributed by atoms with E-state index in [2.05, 4.69) is 25.6 Å². The van der Waals surface area contributed by atoms with E-state index in [0.717, 1.165) is 29.3 Å². The summed E-state index contributed by atoms with van der Waals surface area (Å²) < 4.78 is 60.9. The molecule has 0 radical (unpaired) electrons. The molecule has 14 heteroatoms. The van der Waals surface area contributed by atoms with Crippen molar-refractivity contribution in [3.8, 4) is 17.6 Å². The van der Waals surface area contributed by atoms with Gasteiger partial charge in [0.15, 0.2) is 11.5 Å². The fourth-order valence-electron chi connectivity index (χ4n) is 3.26. The van der Waals surface area contributed by atoms with Crippen LogP contribution in [0.4, 0.5) is 23.2 Å². The molecule has 0 bridgehead atoms. The number of hydrogen-bond donors (Lipinski definition) is 1. The zero-order valence-electron chi connectivity index (χ0n) is 17.8. The number of alkyl halides is 3. The summed E-state index contributed by atoms with van der Waals surface area (Å²) in [5.41, 5.74) is -2.00. The average Bonchev–Trinajstić information content (AvgIpc) is 3.48. The molecule has 0 atom stereocenters. The highest BCUT2D eigenvalue weighted by molar-refractivity contribution is 6.05. The molecule has 0 saturated carbocycles. The number of pyridine rings is 1. The van der Waals surface area contributed by atoms with E-state index in [-0.39, 0.29) is 28.4 Å². The number of nitriles is 1. The third-order valence-electron chi connectivity index (χ3n) is 4.70. The summed E-state index contributed by atoms with van der Waals surface area (Å²) in [5, 5.41) is 23.1. The Morgan fingerprint density at radius 3 is 2.54 bits per heavy atom. The molecule has 0 fully saturated rings. The van der Waals surface area contributed by atoms with E-state index in [9.17, 15) is 27.6 Å². The summed E-state index contributed by atoms with van der Waals surface area (Å²) in [6.07, 6.45) is -0.306. The van der Waals surface area contributed by atoms with Gasteiger partial charge in [-0.2, -0.15) is 33.7 Å². The van der Waals surface area contributed by atoms with Crippen LogP contribution in [0.1, 0.15) is 27.2 Å². The molecule has 10 nitrogen and oxygen atoms in total. The Balaban J connectivity index is 1.64. The Morgan fingerprint density at radius 2 is 1.89 bits per heavy atom. The number of carbonyl (C=O) groups is 1. The van der Waals surface area contributed by atoms with Gasteiger partial charge in [0.05, 0.1) is 49.7 Å². The predicted octanol–water partition coefficient (Wildman–Crippen LogP) is 3.20. The van der Waals surface area contributed by atoms with Gasteiger partial charge in [-0.3, -0.25) is 9.48 Å². The molecule has 0 unspecified atom stereocenters. The zero-order chi connectivity index (χ0) is 25.2. The molecule has 4 aromatic rings. The van der Waals surface area contributed by atoms with Crippen molar-refractivity contribution in [3.63, 3.8) is 0 Å². The first-order valence-corrected chi connectivity index (χ1v) is 9.74. The molecular formula is C21H14F4N8O2. The maximum absolute atomic E-state index is 13.9. The molecule has 178 valence electrons. The maximum Gasteiger partial charge on any atom is 0.433 e. The number of ether oxygens (including phenoxy) is 1. The van der Waals surface area contributed by atoms with Crippen LogP contribution in [0.2, 0.25) is 0 Å². The smallest absolute Gasteiger partial charge is 0.433 e. The van der Waals surface area contributed by atoms with Crippen molar-refractivity contribution in [2.45, 2.75) is 12.7 Å². The van der Waals surface area contributed by atoms with Crippen LogP contribution >= 0.6 is 0 Å². The van der Waals surface area contributed by atoms with Crippen LogP contribution in [0.15, 0.2) is 49.1 Å². The highest BCUT2D eigenvalue weighted by atomic mass is 19.4. The van der Waals surface area contributed by atoms with E-state index in [1.165, 1.54) is 31.6 Å². The number of amides is 1. The molecule has 3 heterocycles. The number of benzene rings is 1. The van der Waals surface area contributed by atoms with Crippen molar-refractivity contribution in [1.82, 2.24) is 29.8 Å². The lowest BCUT2D eigenvalue weighted by molar-refractivity contribution is -0.144. The van der Waals surface area contributed by atoms with Gasteiger partial charge in [-0.1, -0.05) is 0 Å². The van der Waals surface area contributed by atoms with E-state index in [1.807, 2.05) is 6.07 Å². The average molecular weight is 486 g/mol. The van der Waals surface area contributed by atoms with Crippen molar-refractivity contribution in [1.29, 1.82) is 5.26 Å². The molecule has 0 spiro atoms. The number of rotatable bonds is 6. The summed E-state index contributed by atoms with van der Waals surface area (Å²) in [6, 6.07) is 6.56. The van der Waals surface area contributed by atoms with Crippen LogP contribution in [0, 0.1) is 17.1 Å². The normalized spacial score (nSPS) is 11.2. The molecule has 0 aliphatic carbocycles. The number of nitrogens with zero attached hydrogens (tertiary/aromatic N) is 7. The number of aromatic nitrogens is 6. The summed E-state index contributed by atoms with van der Waals surface area (Å²) in [7, 11) is 1.29. The highest BCUT2D eigenvalue weighted by Gasteiger charge is 2.40. The molecule has 1 aromatic carbocycles. The number of nitrogens with one attached hydrogen (secondary N) is 1. The number of methoxy groups -OCH3 is 1. The van der Waals surface area contributed by atoms with Crippen molar-refractivity contribution >= 4 is 11.6 Å². The van der Waals surface area contributed by atoms with Crippen LogP contribution in [0.25, 0.3) is 5.82 Å². The van der Waals surface area contributed by atoms with Gasteiger partial charge in [0.25, 0.3) is 5.91 Å². The molecule has 0 aliphatic heterocycles. The second kappa shape index (κ2) is 9.21. The van der Waals surface area contributed by atoms with E-state index in [1.54, 1.807) is 0 Å². The Bertz CT molecular complexity index is 1420. The lowest BCUT2D eigenvalue weighted by Crippen LogP contribution is -2.22. The van der Waals surface area contributed by atoms with Crippen LogP contribution < -0.4 is 10.1 Å². The lowest BCUT2D eigenvalue weighted by atomic mass is 10.2. The third kappa shape index (κ3) is 4.93. The van der Waals surface area contributed by atoms with Gasteiger partial charge in [0.2, 0.25) is 0 Å². The molecule has 35 heavy (non-hydrogen) atoms. The fraction of sp³-hybridized carbons (Fsp3) is 0.143. The minimum Gasteiger partial charge on any atom is -0.497 e. The number of carbonyl (C=O) groups excluding carboxylic acids is 1. The molecule has 1 N–H and O–H groups in total. The Hall–Kier alpha value is -4.80. The van der Waals surface area contributed by atoms with Crippen LogP contribution in [0.3, 0.4) is 0 Å². The van der Waals surface area contributed by atoms with Gasteiger partial charge < -0.3 is 10.1 Å². The summed E-state index contributed by atoms with van der Waals surface area (Å²) >= 11 is 0. The third-order valence-corrected chi connectivity index (χ3v) is 4.70. The van der Waals surface area contributed by atoms with Crippen molar-refractivity contribution in [3.05, 3.63) is 77.3 Å². The van der Waals surface area contributed by atoms with Crippen molar-refractivity contribution < 1.29 is 27.1 Å². The van der Waals surface area contributed by atoms with E-state index >= 15 is 0 Å². The quantitative estimate of drug-likeness (QED) is 0.415. The van der Waals surface area contributed by atoms with E-state index in [4.69, 9.17) is 4.74 Å². The van der Waals surface area contributed by atoms with Crippen LogP contribution in [-0.2, 0) is 12.7 Å². The second-order valence-electron chi connectivity index (χ2n) is 7.04. The van der Waals surface area contributed by atoms with Gasteiger partial charge in [-0.15, -0.1) is 4.80 Å². The Labute approximate surface area is 194 Å². The summed E-state index contributed by atoms with van der Waals surface area (Å²) in [6.45, 7) is -0.470. The number of hydrogen-bond acceptors (Lipinski definition) is 7. The highest BCUT2D eigenvalue weighted by Crippen LogP contribution is 2.33. The van der Waals surface area contributed by atoms with Crippen molar-refractivity contribution in [2.24, 2.45) is 0 Å². The van der Waals surface area contributed by atoms with E-state index in [0.29, 0.717) is 4.68 Å². The van der Waals surface area contributed by atoms with Gasteiger partial charge in [0, 0.05) is 6.07 Å². The molecule has 1 amide bonds. The van der Waals surface area contributed by atoms with Crippen LogP contribution in [0.5, 0.6) is 5.75 Å². The topological polar surface area (TPSA) is 124 Å². The standard InChI is InChI=1S/C21H14F4N8O2/c1-35-16-5-12(4-14(22)7-16)11-32-18(21(23,24)25)17(10-30-32)20(34)31-15-6-13(8-26)19(27-9-15)33-28-2-3-29-33/h2-7,9-10H,11H2,1H3,(H,31,34). The van der Waals surface area contributed by atoms with Crippen molar-refractivity contribution in [2.75, 3.05) is 12.4 Å². The Morgan fingerprint density at radius 1 is 1.14 bits per heavy atom. The lowest BCUT2D eigenvalue weighted by Gasteiger charge is -2.14. The van der Waals surface area contributed by atoms with Crippen LogP contribution in [-0.4, -0.2) is 42.8 Å². The SMILES string of the molecule is COc1cc(F)cc(Cn2ncc(C(=O)Nc3cnc(-n4nccn4)c(C#N)c3)c2C(F)(F)F)c1. The van der Waals surface area contributed by atoms with Gasteiger partial charge in [-0.25, -0.2) is 9.37 Å². The Kier molecular flexibility index (Phi) is 6.15. The first-order valence-electron chi connectivity index (χ1n) is 9.74. The molecule has 4 rings (SSSR count). The van der Waals surface area contributed by atoms with Gasteiger partial charge >= 0.3 is 6.18 Å². The molecule has 0 saturated heterocycles. The van der Waals surface area contributed by atoms with E-state index < -0.39 is 35.7 Å².